The van der Waals surface area contributed by atoms with Crippen LogP contribution in [0.1, 0.15) is 24.7 Å². The molecule has 1 saturated heterocycles. The van der Waals surface area contributed by atoms with E-state index in [0.717, 1.165) is 29.3 Å². The van der Waals surface area contributed by atoms with Crippen LogP contribution in [0, 0.1) is 0 Å². The highest BCUT2D eigenvalue weighted by molar-refractivity contribution is 7.91. The lowest BCUT2D eigenvalue weighted by atomic mass is 10.2. The molecule has 2 aliphatic rings. The number of rotatable bonds is 5. The Morgan fingerprint density at radius 1 is 1.10 bits per heavy atom. The fraction of sp³-hybridized carbons (Fsp3) is 0.350. The normalized spacial score (nSPS) is 18.3. The van der Waals surface area contributed by atoms with Gasteiger partial charge in [0.15, 0.2) is 11.7 Å². The van der Waals surface area contributed by atoms with Gasteiger partial charge in [-0.15, -0.1) is 11.3 Å². The molecule has 1 saturated carbocycles. The maximum atomic E-state index is 13.1. The highest BCUT2D eigenvalue weighted by Crippen LogP contribution is 2.41. The summed E-state index contributed by atoms with van der Waals surface area (Å²) >= 11 is 7.31. The summed E-state index contributed by atoms with van der Waals surface area (Å²) in [6, 6.07) is 11.1. The van der Waals surface area contributed by atoms with Gasteiger partial charge >= 0.3 is 0 Å². The van der Waals surface area contributed by atoms with Crippen molar-refractivity contribution in [1.82, 2.24) is 9.29 Å². The number of benzene rings is 1. The highest BCUT2D eigenvalue weighted by atomic mass is 35.5. The first-order chi connectivity index (χ1) is 14.0. The maximum Gasteiger partial charge on any atom is 0.252 e. The van der Waals surface area contributed by atoms with Crippen LogP contribution in [0.5, 0.6) is 0 Å². The first-order valence-corrected chi connectivity index (χ1v) is 12.2. The van der Waals surface area contributed by atoms with Crippen molar-refractivity contribution in [2.75, 3.05) is 31.1 Å². The second-order valence-corrected chi connectivity index (χ2v) is 11.0. The molecule has 1 aromatic carbocycles. The Kier molecular flexibility index (Phi) is 4.90. The summed E-state index contributed by atoms with van der Waals surface area (Å²) in [5.41, 5.74) is 1.02. The van der Waals surface area contributed by atoms with Gasteiger partial charge in [0.25, 0.3) is 10.0 Å². The fourth-order valence-corrected chi connectivity index (χ4v) is 6.51. The van der Waals surface area contributed by atoms with Crippen LogP contribution in [0.3, 0.4) is 0 Å². The molecule has 0 spiro atoms. The summed E-state index contributed by atoms with van der Waals surface area (Å²) in [7, 11) is -3.52. The number of sulfonamides is 1. The zero-order valence-corrected chi connectivity index (χ0v) is 18.0. The molecule has 0 atom stereocenters. The quantitative estimate of drug-likeness (QED) is 0.575. The van der Waals surface area contributed by atoms with Crippen molar-refractivity contribution >= 4 is 38.6 Å². The number of hydrogen-bond acceptors (Lipinski definition) is 6. The average molecular weight is 450 g/mol. The number of anilines is 1. The summed E-state index contributed by atoms with van der Waals surface area (Å²) in [6.45, 7) is 2.14. The zero-order valence-electron chi connectivity index (χ0n) is 15.6. The SMILES string of the molecule is O=S(=O)(c1ccc(-c2cnc(C3CC3)o2)s1)N1CCN(c2cccc(Cl)c2)CC1. The minimum Gasteiger partial charge on any atom is -0.440 e. The van der Waals surface area contributed by atoms with E-state index in [1.54, 1.807) is 22.6 Å². The lowest BCUT2D eigenvalue weighted by Crippen LogP contribution is -2.48. The van der Waals surface area contributed by atoms with Gasteiger partial charge in [0.05, 0.1) is 11.1 Å². The summed E-state index contributed by atoms with van der Waals surface area (Å²) in [5, 5.41) is 0.681. The molecule has 0 radical (unpaired) electrons. The van der Waals surface area contributed by atoms with E-state index in [1.165, 1.54) is 11.3 Å². The third kappa shape index (κ3) is 3.82. The van der Waals surface area contributed by atoms with Crippen molar-refractivity contribution in [2.24, 2.45) is 0 Å². The van der Waals surface area contributed by atoms with E-state index in [1.807, 2.05) is 24.3 Å². The number of piperazine rings is 1. The van der Waals surface area contributed by atoms with Gasteiger partial charge in [-0.3, -0.25) is 0 Å². The molecule has 152 valence electrons. The van der Waals surface area contributed by atoms with E-state index in [4.69, 9.17) is 16.0 Å². The van der Waals surface area contributed by atoms with Crippen LogP contribution in [0.2, 0.25) is 5.02 Å². The molecular formula is C20H20ClN3O3S2. The molecule has 2 aromatic heterocycles. The van der Waals surface area contributed by atoms with E-state index < -0.39 is 10.0 Å². The summed E-state index contributed by atoms with van der Waals surface area (Å²) in [6.07, 6.45) is 3.93. The van der Waals surface area contributed by atoms with Gasteiger partial charge in [0.1, 0.15) is 4.21 Å². The second-order valence-electron chi connectivity index (χ2n) is 7.33. The van der Waals surface area contributed by atoms with Gasteiger partial charge in [-0.25, -0.2) is 13.4 Å². The maximum absolute atomic E-state index is 13.1. The molecular weight excluding hydrogens is 430 g/mol. The van der Waals surface area contributed by atoms with Crippen LogP contribution in [0.4, 0.5) is 5.69 Å². The molecule has 3 heterocycles. The molecule has 9 heteroatoms. The van der Waals surface area contributed by atoms with Crippen LogP contribution in [-0.2, 0) is 10.0 Å². The van der Waals surface area contributed by atoms with Crippen molar-refractivity contribution in [3.63, 3.8) is 0 Å². The second kappa shape index (κ2) is 7.43. The molecule has 1 aliphatic heterocycles. The molecule has 29 heavy (non-hydrogen) atoms. The van der Waals surface area contributed by atoms with Crippen LogP contribution >= 0.6 is 22.9 Å². The number of halogens is 1. The Bertz CT molecular complexity index is 1130. The number of nitrogens with zero attached hydrogens (tertiary/aromatic N) is 3. The van der Waals surface area contributed by atoms with Gasteiger partial charge < -0.3 is 9.32 Å². The highest BCUT2D eigenvalue weighted by Gasteiger charge is 2.31. The molecule has 6 nitrogen and oxygen atoms in total. The molecule has 0 N–H and O–H groups in total. The van der Waals surface area contributed by atoms with Crippen LogP contribution < -0.4 is 4.90 Å². The van der Waals surface area contributed by atoms with Crippen molar-refractivity contribution in [2.45, 2.75) is 23.0 Å². The molecule has 1 aliphatic carbocycles. The molecule has 0 unspecified atom stereocenters. The fourth-order valence-electron chi connectivity index (χ4n) is 3.50. The standard InChI is InChI=1S/C20H20ClN3O3S2/c21-15-2-1-3-16(12-15)23-8-10-24(11-9-23)29(25,26)19-7-6-18(28-19)17-13-22-20(27-17)14-4-5-14/h1-3,6-7,12-14H,4-5,8-11H2. The molecule has 0 amide bonds. The van der Waals surface area contributed by atoms with E-state index in [0.29, 0.717) is 47.1 Å². The Hall–Kier alpha value is -1.87. The predicted molar refractivity (Wildman–Crippen MR) is 114 cm³/mol. The van der Waals surface area contributed by atoms with E-state index >= 15 is 0 Å². The van der Waals surface area contributed by atoms with Gasteiger partial charge in [-0.2, -0.15) is 4.31 Å². The lowest BCUT2D eigenvalue weighted by Gasteiger charge is -2.35. The third-order valence-corrected chi connectivity index (χ3v) is 8.98. The number of hydrogen-bond donors (Lipinski definition) is 0. The first-order valence-electron chi connectivity index (χ1n) is 9.57. The molecule has 5 rings (SSSR count). The molecule has 3 aromatic rings. The number of aromatic nitrogens is 1. The largest absolute Gasteiger partial charge is 0.440 e. The van der Waals surface area contributed by atoms with Gasteiger partial charge in [0.2, 0.25) is 0 Å². The number of thiophene rings is 1. The summed E-state index contributed by atoms with van der Waals surface area (Å²) < 4.78 is 33.9. The smallest absolute Gasteiger partial charge is 0.252 e. The monoisotopic (exact) mass is 449 g/mol. The topological polar surface area (TPSA) is 66.7 Å². The van der Waals surface area contributed by atoms with Crippen LogP contribution in [0.25, 0.3) is 10.6 Å². The number of oxazole rings is 1. The Labute approximate surface area is 178 Å². The van der Waals surface area contributed by atoms with Crippen molar-refractivity contribution in [3.8, 4) is 10.6 Å². The Balaban J connectivity index is 1.29. The van der Waals surface area contributed by atoms with Crippen LogP contribution in [-0.4, -0.2) is 43.9 Å². The average Bonchev–Trinajstić information content (AvgIpc) is 3.25. The summed E-state index contributed by atoms with van der Waals surface area (Å²) in [4.78, 5) is 7.27. The van der Waals surface area contributed by atoms with Gasteiger partial charge in [0, 0.05) is 42.8 Å². The Morgan fingerprint density at radius 2 is 1.90 bits per heavy atom. The van der Waals surface area contributed by atoms with Crippen molar-refractivity contribution in [1.29, 1.82) is 0 Å². The van der Waals surface area contributed by atoms with Crippen molar-refractivity contribution in [3.05, 3.63) is 53.5 Å². The van der Waals surface area contributed by atoms with E-state index in [9.17, 15) is 8.42 Å². The minimum atomic E-state index is -3.52. The zero-order chi connectivity index (χ0) is 20.0. The van der Waals surface area contributed by atoms with E-state index in [2.05, 4.69) is 9.88 Å². The van der Waals surface area contributed by atoms with Gasteiger partial charge in [-0.1, -0.05) is 17.7 Å². The van der Waals surface area contributed by atoms with E-state index in [-0.39, 0.29) is 0 Å². The predicted octanol–water partition coefficient (Wildman–Crippen LogP) is 4.44. The molecule has 2 fully saturated rings. The lowest BCUT2D eigenvalue weighted by molar-refractivity contribution is 0.386. The summed E-state index contributed by atoms with van der Waals surface area (Å²) in [5.74, 6) is 1.83. The Morgan fingerprint density at radius 3 is 2.62 bits per heavy atom. The van der Waals surface area contributed by atoms with Gasteiger partial charge in [-0.05, 0) is 43.2 Å². The van der Waals surface area contributed by atoms with Crippen LogP contribution in [0.15, 0.2) is 51.2 Å². The molecule has 0 bridgehead atoms. The first kappa shape index (κ1) is 19.1. The van der Waals surface area contributed by atoms with Crippen molar-refractivity contribution < 1.29 is 12.8 Å². The minimum absolute atomic E-state index is 0.341. The third-order valence-electron chi connectivity index (χ3n) is 5.28.